The van der Waals surface area contributed by atoms with E-state index in [4.69, 9.17) is 32.7 Å². The van der Waals surface area contributed by atoms with Crippen molar-refractivity contribution in [2.75, 3.05) is 23.4 Å². The molecule has 0 saturated carbocycles. The van der Waals surface area contributed by atoms with Crippen molar-refractivity contribution in [3.8, 4) is 11.5 Å². The number of amides is 2. The van der Waals surface area contributed by atoms with Gasteiger partial charge in [-0.05, 0) is 55.7 Å². The Bertz CT molecular complexity index is 1550. The molecule has 2 amide bonds. The Kier molecular flexibility index (Phi) is 10.8. The standard InChI is InChI=1S/C31H35Cl2N3O6S/c1-4-21(3)34-31(38)27(16-22-9-7-6-8-10-22)35(18-23-11-13-25(32)26(33)15-23)30(37)19-36(43(39,40)5-2)24-12-14-28-29(17-24)42-20-41-28/h6-15,17,21,27H,4-5,16,18-20H2,1-3H3,(H,34,38)/t21-,27+/m1/s1. The molecule has 0 fully saturated rings. The SMILES string of the molecule is CC[C@@H](C)NC(=O)[C@H](Cc1ccccc1)N(Cc1ccc(Cl)c(Cl)c1)C(=O)CN(c1ccc2c(c1)OCO2)S(=O)(=O)CC. The molecule has 43 heavy (non-hydrogen) atoms. The first kappa shape index (κ1) is 32.4. The van der Waals surface area contributed by atoms with Crippen molar-refractivity contribution < 1.29 is 27.5 Å². The maximum absolute atomic E-state index is 14.3. The zero-order chi connectivity index (χ0) is 31.1. The van der Waals surface area contributed by atoms with Crippen LogP contribution in [0.5, 0.6) is 11.5 Å². The molecule has 0 aliphatic carbocycles. The highest BCUT2D eigenvalue weighted by Gasteiger charge is 2.34. The molecule has 1 N–H and O–H groups in total. The first-order valence-electron chi connectivity index (χ1n) is 14.0. The zero-order valence-electron chi connectivity index (χ0n) is 24.3. The van der Waals surface area contributed by atoms with Crippen molar-refractivity contribution in [2.24, 2.45) is 0 Å². The van der Waals surface area contributed by atoms with Gasteiger partial charge in [-0.2, -0.15) is 0 Å². The molecule has 0 saturated heterocycles. The molecule has 4 rings (SSSR count). The van der Waals surface area contributed by atoms with Crippen molar-refractivity contribution >= 4 is 50.7 Å². The third kappa shape index (κ3) is 8.13. The highest BCUT2D eigenvalue weighted by molar-refractivity contribution is 7.92. The van der Waals surface area contributed by atoms with Crippen LogP contribution in [0.15, 0.2) is 66.7 Å². The van der Waals surface area contributed by atoms with Crippen LogP contribution in [-0.2, 0) is 32.6 Å². The molecule has 3 aromatic carbocycles. The van der Waals surface area contributed by atoms with Crippen LogP contribution >= 0.6 is 23.2 Å². The molecule has 0 spiro atoms. The lowest BCUT2D eigenvalue weighted by atomic mass is 10.0. The molecule has 0 bridgehead atoms. The molecule has 0 aromatic heterocycles. The molecule has 1 aliphatic rings. The summed E-state index contributed by atoms with van der Waals surface area (Å²) in [6.45, 7) is 4.81. The minimum atomic E-state index is -3.92. The maximum atomic E-state index is 14.3. The van der Waals surface area contributed by atoms with Gasteiger partial charge in [0.25, 0.3) is 0 Å². The maximum Gasteiger partial charge on any atom is 0.244 e. The number of anilines is 1. The van der Waals surface area contributed by atoms with Gasteiger partial charge in [-0.15, -0.1) is 0 Å². The fourth-order valence-electron chi connectivity index (χ4n) is 4.59. The summed E-state index contributed by atoms with van der Waals surface area (Å²) < 4.78 is 38.6. The lowest BCUT2D eigenvalue weighted by Gasteiger charge is -2.34. The van der Waals surface area contributed by atoms with Crippen molar-refractivity contribution in [1.82, 2.24) is 10.2 Å². The third-order valence-electron chi connectivity index (χ3n) is 7.23. The van der Waals surface area contributed by atoms with Crippen LogP contribution in [0.2, 0.25) is 10.0 Å². The van der Waals surface area contributed by atoms with Crippen molar-refractivity contribution in [3.63, 3.8) is 0 Å². The number of halogens is 2. The summed E-state index contributed by atoms with van der Waals surface area (Å²) in [5.74, 6) is -0.303. The van der Waals surface area contributed by atoms with Crippen LogP contribution in [0.25, 0.3) is 0 Å². The fourth-order valence-corrected chi connectivity index (χ4v) is 5.96. The third-order valence-corrected chi connectivity index (χ3v) is 9.71. The number of nitrogens with zero attached hydrogens (tertiary/aromatic N) is 2. The number of nitrogens with one attached hydrogen (secondary N) is 1. The Morgan fingerprint density at radius 3 is 2.33 bits per heavy atom. The molecular weight excluding hydrogens is 613 g/mol. The lowest BCUT2D eigenvalue weighted by molar-refractivity contribution is -0.140. The van der Waals surface area contributed by atoms with Crippen LogP contribution in [0.3, 0.4) is 0 Å². The van der Waals surface area contributed by atoms with E-state index in [-0.39, 0.29) is 43.1 Å². The molecule has 0 unspecified atom stereocenters. The van der Waals surface area contributed by atoms with E-state index in [0.29, 0.717) is 33.5 Å². The van der Waals surface area contributed by atoms with Gasteiger partial charge in [0.15, 0.2) is 11.5 Å². The van der Waals surface area contributed by atoms with E-state index in [1.807, 2.05) is 44.2 Å². The Hall–Kier alpha value is -3.47. The Labute approximate surface area is 262 Å². The van der Waals surface area contributed by atoms with E-state index in [2.05, 4.69) is 5.32 Å². The van der Waals surface area contributed by atoms with Gasteiger partial charge in [-0.3, -0.25) is 13.9 Å². The molecule has 9 nitrogen and oxygen atoms in total. The predicted molar refractivity (Wildman–Crippen MR) is 168 cm³/mol. The van der Waals surface area contributed by atoms with Gasteiger partial charge in [0.1, 0.15) is 12.6 Å². The number of ether oxygens (including phenoxy) is 2. The molecule has 12 heteroatoms. The van der Waals surface area contributed by atoms with E-state index in [1.165, 1.54) is 17.9 Å². The van der Waals surface area contributed by atoms with E-state index >= 15 is 0 Å². The molecular formula is C31H35Cl2N3O6S. The quantitative estimate of drug-likeness (QED) is 0.265. The van der Waals surface area contributed by atoms with Gasteiger partial charge >= 0.3 is 0 Å². The first-order valence-corrected chi connectivity index (χ1v) is 16.4. The molecule has 1 aliphatic heterocycles. The summed E-state index contributed by atoms with van der Waals surface area (Å²) in [5, 5.41) is 3.65. The van der Waals surface area contributed by atoms with Gasteiger partial charge in [0, 0.05) is 25.1 Å². The number of hydrogen-bond acceptors (Lipinski definition) is 6. The van der Waals surface area contributed by atoms with Gasteiger partial charge in [-0.1, -0.05) is 66.5 Å². The highest BCUT2D eigenvalue weighted by atomic mass is 35.5. The van der Waals surface area contributed by atoms with Crippen LogP contribution in [-0.4, -0.2) is 56.3 Å². The summed E-state index contributed by atoms with van der Waals surface area (Å²) >= 11 is 12.4. The summed E-state index contributed by atoms with van der Waals surface area (Å²) in [6.07, 6.45) is 0.901. The Morgan fingerprint density at radius 1 is 0.930 bits per heavy atom. The van der Waals surface area contributed by atoms with E-state index < -0.39 is 28.5 Å². The number of fused-ring (bicyclic) bond motifs is 1. The summed E-state index contributed by atoms with van der Waals surface area (Å²) in [4.78, 5) is 29.5. The monoisotopic (exact) mass is 647 g/mol. The number of sulfonamides is 1. The molecule has 3 aromatic rings. The zero-order valence-corrected chi connectivity index (χ0v) is 26.6. The van der Waals surface area contributed by atoms with Crippen molar-refractivity contribution in [1.29, 1.82) is 0 Å². The number of rotatable bonds is 13. The van der Waals surface area contributed by atoms with E-state index in [9.17, 15) is 18.0 Å². The highest BCUT2D eigenvalue weighted by Crippen LogP contribution is 2.36. The van der Waals surface area contributed by atoms with E-state index in [1.54, 1.807) is 30.3 Å². The Morgan fingerprint density at radius 2 is 1.65 bits per heavy atom. The summed E-state index contributed by atoms with van der Waals surface area (Å²) in [5.41, 5.74) is 1.72. The Balaban J connectivity index is 1.76. The lowest BCUT2D eigenvalue weighted by Crippen LogP contribution is -2.54. The van der Waals surface area contributed by atoms with Gasteiger partial charge < -0.3 is 19.7 Å². The second-order valence-corrected chi connectivity index (χ2v) is 13.2. The van der Waals surface area contributed by atoms with E-state index in [0.717, 1.165) is 9.87 Å². The van der Waals surface area contributed by atoms with Crippen LogP contribution in [0.1, 0.15) is 38.3 Å². The largest absolute Gasteiger partial charge is 0.454 e. The fraction of sp³-hybridized carbons (Fsp3) is 0.355. The number of benzene rings is 3. The average molecular weight is 649 g/mol. The van der Waals surface area contributed by atoms with Crippen LogP contribution < -0.4 is 19.1 Å². The van der Waals surface area contributed by atoms with Gasteiger partial charge in [0.05, 0.1) is 21.5 Å². The number of carbonyl (C=O) groups is 2. The summed E-state index contributed by atoms with van der Waals surface area (Å²) in [6, 6.07) is 17.9. The van der Waals surface area contributed by atoms with Crippen molar-refractivity contribution in [2.45, 2.75) is 52.2 Å². The van der Waals surface area contributed by atoms with Gasteiger partial charge in [-0.25, -0.2) is 8.42 Å². The number of carbonyl (C=O) groups excluding carboxylic acids is 2. The first-order chi connectivity index (χ1) is 20.5. The smallest absolute Gasteiger partial charge is 0.244 e. The van der Waals surface area contributed by atoms with Crippen LogP contribution in [0.4, 0.5) is 5.69 Å². The molecule has 2 atom stereocenters. The molecule has 230 valence electrons. The predicted octanol–water partition coefficient (Wildman–Crippen LogP) is 5.43. The molecule has 0 radical (unpaired) electrons. The second-order valence-electron chi connectivity index (χ2n) is 10.2. The molecule has 1 heterocycles. The van der Waals surface area contributed by atoms with Gasteiger partial charge in [0.2, 0.25) is 28.6 Å². The average Bonchev–Trinajstić information content (AvgIpc) is 3.47. The topological polar surface area (TPSA) is 105 Å². The minimum Gasteiger partial charge on any atom is -0.454 e. The number of hydrogen-bond donors (Lipinski definition) is 1. The summed E-state index contributed by atoms with van der Waals surface area (Å²) in [7, 11) is -3.92. The minimum absolute atomic E-state index is 0.0116. The second kappa shape index (κ2) is 14.3. The van der Waals surface area contributed by atoms with Crippen molar-refractivity contribution in [3.05, 3.63) is 87.9 Å². The van der Waals surface area contributed by atoms with Crippen LogP contribution in [0, 0.1) is 0 Å². The normalized spacial score (nSPS) is 13.7.